The standard InChI is InChI=1S/C20H16Cl2N2O2S/c21-16-7-6-13(9-17(16)22)10-18(25)24-20-15(19(23)26)11-14(27-20)8-12-4-2-1-3-5-12/h1-7,9,11H,8,10H2,(H2,23,26)(H,24,25). The van der Waals surface area contributed by atoms with Crippen molar-refractivity contribution < 1.29 is 9.59 Å². The molecule has 4 nitrogen and oxygen atoms in total. The van der Waals surface area contributed by atoms with Crippen LogP contribution in [-0.2, 0) is 17.6 Å². The molecule has 2 aromatic carbocycles. The van der Waals surface area contributed by atoms with Gasteiger partial charge in [-0.1, -0.05) is 59.6 Å². The zero-order valence-corrected chi connectivity index (χ0v) is 16.5. The van der Waals surface area contributed by atoms with E-state index in [1.807, 2.05) is 30.3 Å². The fourth-order valence-corrected chi connectivity index (χ4v) is 4.04. The van der Waals surface area contributed by atoms with Crippen LogP contribution in [0.3, 0.4) is 0 Å². The van der Waals surface area contributed by atoms with Crippen LogP contribution in [0.2, 0.25) is 10.0 Å². The lowest BCUT2D eigenvalue weighted by Crippen LogP contribution is -2.17. The molecule has 0 atom stereocenters. The summed E-state index contributed by atoms with van der Waals surface area (Å²) in [6, 6.07) is 16.6. The number of nitrogens with two attached hydrogens (primary N) is 1. The van der Waals surface area contributed by atoms with Crippen molar-refractivity contribution in [3.8, 4) is 0 Å². The van der Waals surface area contributed by atoms with Crippen LogP contribution in [0.15, 0.2) is 54.6 Å². The van der Waals surface area contributed by atoms with E-state index < -0.39 is 5.91 Å². The van der Waals surface area contributed by atoms with Gasteiger partial charge in [0, 0.05) is 11.3 Å². The highest BCUT2D eigenvalue weighted by Gasteiger charge is 2.16. The van der Waals surface area contributed by atoms with Crippen LogP contribution in [0.1, 0.15) is 26.4 Å². The molecular formula is C20H16Cl2N2O2S. The number of primary amides is 1. The molecule has 0 bridgehead atoms. The smallest absolute Gasteiger partial charge is 0.251 e. The second kappa shape index (κ2) is 8.57. The molecule has 138 valence electrons. The molecule has 2 amide bonds. The first-order valence-electron chi connectivity index (χ1n) is 8.12. The lowest BCUT2D eigenvalue weighted by Gasteiger charge is -2.06. The summed E-state index contributed by atoms with van der Waals surface area (Å²) in [7, 11) is 0. The van der Waals surface area contributed by atoms with Gasteiger partial charge in [-0.25, -0.2) is 0 Å². The van der Waals surface area contributed by atoms with Crippen LogP contribution in [0.4, 0.5) is 5.00 Å². The van der Waals surface area contributed by atoms with Crippen molar-refractivity contribution in [1.82, 2.24) is 0 Å². The second-order valence-electron chi connectivity index (χ2n) is 5.96. The van der Waals surface area contributed by atoms with Crippen molar-refractivity contribution in [2.45, 2.75) is 12.8 Å². The SMILES string of the molecule is NC(=O)c1cc(Cc2ccccc2)sc1NC(=O)Cc1ccc(Cl)c(Cl)c1. The fraction of sp³-hybridized carbons (Fsp3) is 0.100. The normalized spacial score (nSPS) is 10.6. The Kier molecular flexibility index (Phi) is 6.16. The highest BCUT2D eigenvalue weighted by molar-refractivity contribution is 7.16. The van der Waals surface area contributed by atoms with Crippen molar-refractivity contribution in [2.24, 2.45) is 5.73 Å². The van der Waals surface area contributed by atoms with E-state index in [0.717, 1.165) is 16.0 Å². The topological polar surface area (TPSA) is 72.2 Å². The van der Waals surface area contributed by atoms with Gasteiger partial charge >= 0.3 is 0 Å². The molecule has 0 fully saturated rings. The summed E-state index contributed by atoms with van der Waals surface area (Å²) in [5.74, 6) is -0.834. The average Bonchev–Trinajstić information content (AvgIpc) is 3.01. The second-order valence-corrected chi connectivity index (χ2v) is 7.91. The van der Waals surface area contributed by atoms with E-state index in [4.69, 9.17) is 28.9 Å². The number of nitrogens with one attached hydrogen (secondary N) is 1. The Labute approximate surface area is 170 Å². The van der Waals surface area contributed by atoms with E-state index in [1.165, 1.54) is 11.3 Å². The predicted octanol–water partition coefficient (Wildman–Crippen LogP) is 4.93. The van der Waals surface area contributed by atoms with Crippen molar-refractivity contribution in [3.63, 3.8) is 0 Å². The van der Waals surface area contributed by atoms with Crippen LogP contribution in [-0.4, -0.2) is 11.8 Å². The zero-order valence-electron chi connectivity index (χ0n) is 14.2. The largest absolute Gasteiger partial charge is 0.366 e. The molecule has 0 spiro atoms. The van der Waals surface area contributed by atoms with Gasteiger partial charge in [0.25, 0.3) is 5.91 Å². The molecule has 27 heavy (non-hydrogen) atoms. The van der Waals surface area contributed by atoms with Gasteiger partial charge in [-0.15, -0.1) is 11.3 Å². The van der Waals surface area contributed by atoms with E-state index in [9.17, 15) is 9.59 Å². The quantitative estimate of drug-likeness (QED) is 0.595. The molecule has 0 radical (unpaired) electrons. The number of hydrogen-bond acceptors (Lipinski definition) is 3. The van der Waals surface area contributed by atoms with E-state index in [-0.39, 0.29) is 12.3 Å². The maximum absolute atomic E-state index is 12.4. The minimum Gasteiger partial charge on any atom is -0.366 e. The Bertz CT molecular complexity index is 987. The lowest BCUT2D eigenvalue weighted by atomic mass is 10.1. The molecule has 3 rings (SSSR count). The third kappa shape index (κ3) is 5.10. The molecule has 0 aliphatic rings. The number of hydrogen-bond donors (Lipinski definition) is 2. The van der Waals surface area contributed by atoms with E-state index in [1.54, 1.807) is 24.3 Å². The first kappa shape index (κ1) is 19.4. The monoisotopic (exact) mass is 418 g/mol. The van der Waals surface area contributed by atoms with Gasteiger partial charge in [0.1, 0.15) is 5.00 Å². The van der Waals surface area contributed by atoms with E-state index >= 15 is 0 Å². The molecule has 3 N–H and O–H groups in total. The Balaban J connectivity index is 1.75. The molecule has 1 aromatic heterocycles. The number of anilines is 1. The third-order valence-corrected chi connectivity index (χ3v) is 5.66. The van der Waals surface area contributed by atoms with E-state index in [2.05, 4.69) is 5.32 Å². The summed E-state index contributed by atoms with van der Waals surface area (Å²) in [5, 5.41) is 4.06. The van der Waals surface area contributed by atoms with Gasteiger partial charge in [-0.05, 0) is 29.3 Å². The maximum atomic E-state index is 12.4. The van der Waals surface area contributed by atoms with Gasteiger partial charge in [0.15, 0.2) is 0 Å². The van der Waals surface area contributed by atoms with Crippen LogP contribution in [0.5, 0.6) is 0 Å². The highest BCUT2D eigenvalue weighted by Crippen LogP contribution is 2.30. The summed E-state index contributed by atoms with van der Waals surface area (Å²) in [6.45, 7) is 0. The first-order chi connectivity index (χ1) is 12.9. The van der Waals surface area contributed by atoms with Crippen molar-refractivity contribution in [3.05, 3.63) is 86.2 Å². The van der Waals surface area contributed by atoms with Crippen LogP contribution >= 0.6 is 34.5 Å². The molecule has 0 aliphatic heterocycles. The number of carbonyl (C=O) groups excluding carboxylic acids is 2. The Morgan fingerprint density at radius 1 is 0.963 bits per heavy atom. The summed E-state index contributed by atoms with van der Waals surface area (Å²) >= 11 is 13.2. The molecule has 7 heteroatoms. The first-order valence-corrected chi connectivity index (χ1v) is 9.70. The molecule has 0 saturated carbocycles. The molecule has 0 unspecified atom stereocenters. The van der Waals surface area contributed by atoms with Crippen LogP contribution < -0.4 is 11.1 Å². The molecular weight excluding hydrogens is 403 g/mol. The number of thiophene rings is 1. The minimum absolute atomic E-state index is 0.112. The van der Waals surface area contributed by atoms with Crippen LogP contribution in [0.25, 0.3) is 0 Å². The van der Waals surface area contributed by atoms with Crippen molar-refractivity contribution >= 4 is 51.4 Å². The van der Waals surface area contributed by atoms with Gasteiger partial charge < -0.3 is 11.1 Å². The maximum Gasteiger partial charge on any atom is 0.251 e. The molecule has 0 aliphatic carbocycles. The molecule has 3 aromatic rings. The van der Waals surface area contributed by atoms with Crippen LogP contribution in [0, 0.1) is 0 Å². The minimum atomic E-state index is -0.574. The zero-order chi connectivity index (χ0) is 19.4. The summed E-state index contributed by atoms with van der Waals surface area (Å²) in [5.41, 5.74) is 7.62. The number of benzene rings is 2. The Morgan fingerprint density at radius 3 is 2.37 bits per heavy atom. The molecule has 1 heterocycles. The van der Waals surface area contributed by atoms with E-state index in [0.29, 0.717) is 27.0 Å². The average molecular weight is 419 g/mol. The summed E-state index contributed by atoms with van der Waals surface area (Å²) in [4.78, 5) is 25.1. The number of halogens is 2. The predicted molar refractivity (Wildman–Crippen MR) is 111 cm³/mol. The lowest BCUT2D eigenvalue weighted by molar-refractivity contribution is -0.115. The number of amides is 2. The van der Waals surface area contributed by atoms with Gasteiger partial charge in [-0.2, -0.15) is 0 Å². The van der Waals surface area contributed by atoms with Gasteiger partial charge in [-0.3, -0.25) is 9.59 Å². The van der Waals surface area contributed by atoms with Gasteiger partial charge in [0.2, 0.25) is 5.91 Å². The number of rotatable bonds is 6. The Hall–Kier alpha value is -2.34. The van der Waals surface area contributed by atoms with Crippen molar-refractivity contribution in [1.29, 1.82) is 0 Å². The number of carbonyl (C=O) groups is 2. The highest BCUT2D eigenvalue weighted by atomic mass is 35.5. The Morgan fingerprint density at radius 2 is 1.70 bits per heavy atom. The summed E-state index contributed by atoms with van der Waals surface area (Å²) in [6.07, 6.45) is 0.773. The van der Waals surface area contributed by atoms with Crippen molar-refractivity contribution in [2.75, 3.05) is 5.32 Å². The fourth-order valence-electron chi connectivity index (χ4n) is 2.61. The van der Waals surface area contributed by atoms with Gasteiger partial charge in [0.05, 0.1) is 22.0 Å². The third-order valence-electron chi connectivity index (χ3n) is 3.87. The molecule has 0 saturated heterocycles. The summed E-state index contributed by atoms with van der Waals surface area (Å²) < 4.78 is 0.